The molecule has 0 saturated carbocycles. The fourth-order valence-corrected chi connectivity index (χ4v) is 4.10. The molecule has 4 atom stereocenters. The number of anilines is 1. The van der Waals surface area contributed by atoms with E-state index in [1.807, 2.05) is 0 Å². The minimum Gasteiger partial charge on any atom is -0.394 e. The Balaban J connectivity index is 1.79. The molecule has 3 nitrogen and oxygen atoms in total. The molecule has 2 aliphatic heterocycles. The first-order chi connectivity index (χ1) is 12.9. The molecule has 0 radical (unpaired) electrons. The van der Waals surface area contributed by atoms with Crippen LogP contribution in [-0.4, -0.2) is 17.8 Å². The van der Waals surface area contributed by atoms with Crippen molar-refractivity contribution in [1.29, 1.82) is 0 Å². The second-order valence-electron chi connectivity index (χ2n) is 7.05. The number of hydrogen-bond acceptors (Lipinski definition) is 3. The molecule has 0 aliphatic carbocycles. The zero-order chi connectivity index (χ0) is 19.2. The van der Waals surface area contributed by atoms with E-state index in [-0.39, 0.29) is 18.3 Å². The molecule has 2 N–H and O–H groups in total. The third kappa shape index (κ3) is 3.30. The van der Waals surface area contributed by atoms with Crippen molar-refractivity contribution in [1.82, 2.24) is 0 Å². The topological polar surface area (TPSA) is 41.5 Å². The summed E-state index contributed by atoms with van der Waals surface area (Å²) in [5.41, 5.74) is 0.613. The lowest BCUT2D eigenvalue weighted by atomic mass is 9.76. The van der Waals surface area contributed by atoms with Crippen LogP contribution in [0, 0.1) is 11.7 Å². The van der Waals surface area contributed by atoms with Crippen LogP contribution >= 0.6 is 0 Å². The van der Waals surface area contributed by atoms with E-state index in [1.165, 1.54) is 12.1 Å². The number of halogens is 4. The molecule has 0 unspecified atom stereocenters. The number of hydrogen-bond donors (Lipinski definition) is 2. The second kappa shape index (κ2) is 6.80. The molecule has 1 fully saturated rings. The molecule has 2 heterocycles. The van der Waals surface area contributed by atoms with Crippen LogP contribution in [0.1, 0.15) is 41.7 Å². The number of alkyl halides is 3. The van der Waals surface area contributed by atoms with Gasteiger partial charge in [-0.3, -0.25) is 0 Å². The van der Waals surface area contributed by atoms with Crippen LogP contribution in [0.5, 0.6) is 0 Å². The van der Waals surface area contributed by atoms with Gasteiger partial charge in [0.05, 0.1) is 30.4 Å². The van der Waals surface area contributed by atoms with Crippen molar-refractivity contribution >= 4 is 5.69 Å². The summed E-state index contributed by atoms with van der Waals surface area (Å²) < 4.78 is 59.9. The molecule has 27 heavy (non-hydrogen) atoms. The highest BCUT2D eigenvalue weighted by atomic mass is 19.4. The third-order valence-corrected chi connectivity index (χ3v) is 5.42. The highest BCUT2D eigenvalue weighted by Gasteiger charge is 2.44. The van der Waals surface area contributed by atoms with Gasteiger partial charge in [0.15, 0.2) is 0 Å². The summed E-state index contributed by atoms with van der Waals surface area (Å²) in [6, 6.07) is 9.44. The van der Waals surface area contributed by atoms with E-state index in [0.29, 0.717) is 29.7 Å². The molecule has 2 aromatic carbocycles. The molecule has 1 saturated heterocycles. The van der Waals surface area contributed by atoms with Crippen molar-refractivity contribution in [3.63, 3.8) is 0 Å². The Morgan fingerprint density at radius 3 is 2.56 bits per heavy atom. The van der Waals surface area contributed by atoms with Gasteiger partial charge in [-0.1, -0.05) is 18.2 Å². The Morgan fingerprint density at radius 1 is 1.07 bits per heavy atom. The van der Waals surface area contributed by atoms with Crippen LogP contribution in [0.3, 0.4) is 0 Å². The van der Waals surface area contributed by atoms with Crippen LogP contribution in [0.15, 0.2) is 42.5 Å². The second-order valence-corrected chi connectivity index (χ2v) is 7.05. The number of fused-ring (bicyclic) bond motifs is 3. The fraction of sp³-hybridized carbons (Fsp3) is 0.400. The SMILES string of the molecule is OC[C@H]1CC[C@@H]2[C@H](O1)c1cc(C(F)(F)F)ccc1N[C@H]2c1ccccc1F. The summed E-state index contributed by atoms with van der Waals surface area (Å²) in [6.45, 7) is -0.199. The standard InChI is InChI=1S/C20H19F4NO2/c21-16-4-2-1-3-13(16)18-14-7-6-12(10-26)27-19(14)15-9-11(20(22,23)24)5-8-17(15)25-18/h1-5,8-9,12,14,18-19,25-26H,6-7,10H2/t12-,14+,18+,19+/m1/s1. The Kier molecular flexibility index (Phi) is 4.60. The van der Waals surface area contributed by atoms with Crippen molar-refractivity contribution in [3.8, 4) is 0 Å². The number of ether oxygens (including phenoxy) is 1. The molecule has 2 aromatic rings. The molecule has 0 amide bonds. The maximum atomic E-state index is 14.4. The summed E-state index contributed by atoms with van der Waals surface area (Å²) in [5, 5.41) is 12.7. The molecule has 0 aromatic heterocycles. The minimum absolute atomic E-state index is 0.199. The zero-order valence-electron chi connectivity index (χ0n) is 14.3. The van der Waals surface area contributed by atoms with Gasteiger partial charge in [-0.2, -0.15) is 13.2 Å². The summed E-state index contributed by atoms with van der Waals surface area (Å²) >= 11 is 0. The molecule has 7 heteroatoms. The van der Waals surface area contributed by atoms with Gasteiger partial charge in [-0.05, 0) is 37.1 Å². The Bertz CT molecular complexity index is 839. The van der Waals surface area contributed by atoms with E-state index < -0.39 is 30.0 Å². The predicted molar refractivity (Wildman–Crippen MR) is 91.6 cm³/mol. The van der Waals surface area contributed by atoms with E-state index in [1.54, 1.807) is 18.2 Å². The molecule has 2 aliphatic rings. The number of nitrogens with one attached hydrogen (secondary N) is 1. The molecule has 0 bridgehead atoms. The van der Waals surface area contributed by atoms with Crippen LogP contribution in [0.25, 0.3) is 0 Å². The maximum Gasteiger partial charge on any atom is 0.416 e. The largest absolute Gasteiger partial charge is 0.416 e. The van der Waals surface area contributed by atoms with Gasteiger partial charge in [-0.15, -0.1) is 0 Å². The Labute approximate surface area is 154 Å². The number of aliphatic hydroxyl groups excluding tert-OH is 1. The zero-order valence-corrected chi connectivity index (χ0v) is 14.3. The lowest BCUT2D eigenvalue weighted by Crippen LogP contribution is -2.40. The van der Waals surface area contributed by atoms with Gasteiger partial charge in [0.2, 0.25) is 0 Å². The highest BCUT2D eigenvalue weighted by Crippen LogP contribution is 2.51. The van der Waals surface area contributed by atoms with Gasteiger partial charge in [0.1, 0.15) is 5.82 Å². The number of aliphatic hydroxyl groups is 1. The summed E-state index contributed by atoms with van der Waals surface area (Å²) in [7, 11) is 0. The lowest BCUT2D eigenvalue weighted by Gasteiger charge is -2.45. The van der Waals surface area contributed by atoms with Crippen molar-refractivity contribution < 1.29 is 27.4 Å². The summed E-state index contributed by atoms with van der Waals surface area (Å²) in [5.74, 6) is -0.603. The van der Waals surface area contributed by atoms with E-state index in [2.05, 4.69) is 5.32 Å². The maximum absolute atomic E-state index is 14.4. The number of rotatable bonds is 2. The average molecular weight is 381 g/mol. The predicted octanol–water partition coefficient (Wildman–Crippen LogP) is 4.84. The molecule has 144 valence electrons. The third-order valence-electron chi connectivity index (χ3n) is 5.42. The Hall–Kier alpha value is -2.12. The van der Waals surface area contributed by atoms with Gasteiger partial charge < -0.3 is 15.2 Å². The quantitative estimate of drug-likeness (QED) is 0.732. The van der Waals surface area contributed by atoms with Gasteiger partial charge >= 0.3 is 6.18 Å². The normalized spacial score (nSPS) is 27.4. The van der Waals surface area contributed by atoms with Crippen LogP contribution < -0.4 is 5.32 Å². The molecule has 0 spiro atoms. The Morgan fingerprint density at radius 2 is 1.85 bits per heavy atom. The van der Waals surface area contributed by atoms with Gasteiger partial charge in [-0.25, -0.2) is 4.39 Å². The van der Waals surface area contributed by atoms with Crippen LogP contribution in [0.2, 0.25) is 0 Å². The molecular formula is C20H19F4NO2. The number of benzene rings is 2. The lowest BCUT2D eigenvalue weighted by molar-refractivity contribution is -0.138. The van der Waals surface area contributed by atoms with Crippen LogP contribution in [-0.2, 0) is 10.9 Å². The van der Waals surface area contributed by atoms with E-state index in [0.717, 1.165) is 12.1 Å². The summed E-state index contributed by atoms with van der Waals surface area (Å²) in [4.78, 5) is 0. The van der Waals surface area contributed by atoms with Gasteiger partial charge in [0, 0.05) is 22.7 Å². The highest BCUT2D eigenvalue weighted by molar-refractivity contribution is 5.58. The van der Waals surface area contributed by atoms with Crippen molar-refractivity contribution in [2.24, 2.45) is 5.92 Å². The molecular weight excluding hydrogens is 362 g/mol. The fourth-order valence-electron chi connectivity index (χ4n) is 4.10. The van der Waals surface area contributed by atoms with E-state index in [4.69, 9.17) is 4.74 Å². The van der Waals surface area contributed by atoms with E-state index in [9.17, 15) is 22.7 Å². The van der Waals surface area contributed by atoms with Crippen molar-refractivity contribution in [3.05, 3.63) is 65.0 Å². The average Bonchev–Trinajstić information content (AvgIpc) is 2.66. The summed E-state index contributed by atoms with van der Waals surface area (Å²) in [6.07, 6.45) is -4.36. The minimum atomic E-state index is -4.46. The first-order valence-corrected chi connectivity index (χ1v) is 8.87. The van der Waals surface area contributed by atoms with E-state index >= 15 is 0 Å². The van der Waals surface area contributed by atoms with Crippen LogP contribution in [0.4, 0.5) is 23.2 Å². The van der Waals surface area contributed by atoms with Crippen molar-refractivity contribution in [2.45, 2.75) is 37.3 Å². The van der Waals surface area contributed by atoms with Gasteiger partial charge in [0.25, 0.3) is 0 Å². The molecule has 4 rings (SSSR count). The van der Waals surface area contributed by atoms with Crippen molar-refractivity contribution in [2.75, 3.05) is 11.9 Å². The smallest absolute Gasteiger partial charge is 0.394 e. The first-order valence-electron chi connectivity index (χ1n) is 8.87. The monoisotopic (exact) mass is 381 g/mol. The first kappa shape index (κ1) is 18.3.